The normalized spacial score (nSPS) is 10.2. The van der Waals surface area contributed by atoms with Crippen LogP contribution in [0.25, 0.3) is 0 Å². The molecule has 0 amide bonds. The van der Waals surface area contributed by atoms with Crippen LogP contribution in [0.4, 0.5) is 0 Å². The zero-order valence-corrected chi connectivity index (χ0v) is 12.1. The summed E-state index contributed by atoms with van der Waals surface area (Å²) in [4.78, 5) is 23.6. The predicted octanol–water partition coefficient (Wildman–Crippen LogP) is 3.04. The van der Waals surface area contributed by atoms with Gasteiger partial charge >= 0.3 is 11.9 Å². The van der Waals surface area contributed by atoms with Crippen molar-refractivity contribution in [1.29, 1.82) is 0 Å². The third kappa shape index (κ3) is 3.31. The Morgan fingerprint density at radius 2 is 1.86 bits per heavy atom. The van der Waals surface area contributed by atoms with Gasteiger partial charge in [0.2, 0.25) is 0 Å². The number of furan rings is 1. The van der Waals surface area contributed by atoms with Gasteiger partial charge in [0.05, 0.1) is 18.9 Å². The number of methoxy groups -OCH3 is 1. The van der Waals surface area contributed by atoms with Gasteiger partial charge in [0, 0.05) is 0 Å². The third-order valence-electron chi connectivity index (χ3n) is 3.10. The zero-order chi connectivity index (χ0) is 15.4. The minimum Gasteiger partial charge on any atom is -0.465 e. The van der Waals surface area contributed by atoms with E-state index in [2.05, 4.69) is 4.74 Å². The summed E-state index contributed by atoms with van der Waals surface area (Å²) in [7, 11) is 1.28. The lowest BCUT2D eigenvalue weighted by Crippen LogP contribution is -2.09. The second-order valence-corrected chi connectivity index (χ2v) is 4.64. The first-order valence-corrected chi connectivity index (χ1v) is 6.42. The van der Waals surface area contributed by atoms with Crippen molar-refractivity contribution >= 4 is 11.9 Å². The van der Waals surface area contributed by atoms with Crippen LogP contribution in [0.2, 0.25) is 0 Å². The average Bonchev–Trinajstić information content (AvgIpc) is 2.95. The Kier molecular flexibility index (Phi) is 4.42. The van der Waals surface area contributed by atoms with Crippen LogP contribution < -0.4 is 0 Å². The van der Waals surface area contributed by atoms with Crippen molar-refractivity contribution in [2.45, 2.75) is 20.5 Å². The fraction of sp³-hybridized carbons (Fsp3) is 0.250. The van der Waals surface area contributed by atoms with Gasteiger partial charge in [-0.1, -0.05) is 17.7 Å². The second-order valence-electron chi connectivity index (χ2n) is 4.64. The van der Waals surface area contributed by atoms with Gasteiger partial charge in [-0.2, -0.15) is 0 Å². The van der Waals surface area contributed by atoms with Gasteiger partial charge in [0.15, 0.2) is 12.4 Å². The zero-order valence-electron chi connectivity index (χ0n) is 12.1. The molecule has 2 aromatic rings. The van der Waals surface area contributed by atoms with Crippen LogP contribution in [-0.2, 0) is 16.1 Å². The number of aryl methyl sites for hydroxylation is 2. The summed E-state index contributed by atoms with van der Waals surface area (Å²) in [5.41, 5.74) is 2.56. The van der Waals surface area contributed by atoms with E-state index in [0.29, 0.717) is 5.56 Å². The van der Waals surface area contributed by atoms with E-state index in [0.717, 1.165) is 11.1 Å². The molecule has 0 atom stereocenters. The highest BCUT2D eigenvalue weighted by molar-refractivity contribution is 5.92. The molecule has 0 spiro atoms. The minimum atomic E-state index is -0.526. The number of hydrogen-bond donors (Lipinski definition) is 0. The first kappa shape index (κ1) is 14.8. The van der Waals surface area contributed by atoms with E-state index in [4.69, 9.17) is 9.15 Å². The molecular formula is C16H16O5. The van der Waals surface area contributed by atoms with Crippen LogP contribution in [0.15, 0.2) is 34.9 Å². The molecule has 5 nitrogen and oxygen atoms in total. The van der Waals surface area contributed by atoms with Crippen molar-refractivity contribution in [3.63, 3.8) is 0 Å². The number of benzene rings is 1. The van der Waals surface area contributed by atoms with Gasteiger partial charge in [-0.05, 0) is 31.5 Å². The number of rotatable bonds is 4. The Bertz CT molecular complexity index is 669. The molecule has 0 bridgehead atoms. The topological polar surface area (TPSA) is 65.7 Å². The molecule has 0 saturated heterocycles. The van der Waals surface area contributed by atoms with Crippen molar-refractivity contribution in [1.82, 2.24) is 0 Å². The molecule has 0 aliphatic heterocycles. The van der Waals surface area contributed by atoms with E-state index >= 15 is 0 Å². The van der Waals surface area contributed by atoms with Gasteiger partial charge in [-0.15, -0.1) is 0 Å². The minimum absolute atomic E-state index is 0.121. The molecule has 0 aliphatic rings. The highest BCUT2D eigenvalue weighted by Crippen LogP contribution is 2.16. The molecule has 0 unspecified atom stereocenters. The molecule has 1 aromatic heterocycles. The summed E-state index contributed by atoms with van der Waals surface area (Å²) >= 11 is 0. The number of hydrogen-bond acceptors (Lipinski definition) is 5. The highest BCUT2D eigenvalue weighted by atomic mass is 16.5. The Hall–Kier alpha value is -2.56. The molecule has 1 aromatic carbocycles. The third-order valence-corrected chi connectivity index (χ3v) is 3.10. The van der Waals surface area contributed by atoms with Crippen LogP contribution in [0, 0.1) is 13.8 Å². The van der Waals surface area contributed by atoms with Gasteiger partial charge in [0.25, 0.3) is 0 Å². The van der Waals surface area contributed by atoms with E-state index in [1.54, 1.807) is 6.07 Å². The molecule has 2 rings (SSSR count). The summed E-state index contributed by atoms with van der Waals surface area (Å²) in [6.45, 7) is 3.62. The molecule has 21 heavy (non-hydrogen) atoms. The maximum Gasteiger partial charge on any atom is 0.341 e. The maximum atomic E-state index is 12.1. The standard InChI is InChI=1S/C16H16O5/c1-10-4-5-11(2)13(8-10)16(18)21-9-14-12(6-7-20-14)15(17)19-3/h4-8H,9H2,1-3H3. The van der Waals surface area contributed by atoms with Crippen molar-refractivity contribution in [2.24, 2.45) is 0 Å². The molecule has 110 valence electrons. The summed E-state index contributed by atoms with van der Waals surface area (Å²) in [5.74, 6) is -0.717. The lowest BCUT2D eigenvalue weighted by atomic mass is 10.1. The molecule has 0 N–H and O–H groups in total. The molecule has 1 heterocycles. The first-order valence-electron chi connectivity index (χ1n) is 6.42. The maximum absolute atomic E-state index is 12.1. The van der Waals surface area contributed by atoms with Crippen LogP contribution in [0.5, 0.6) is 0 Å². The van der Waals surface area contributed by atoms with E-state index in [1.807, 2.05) is 26.0 Å². The van der Waals surface area contributed by atoms with Crippen LogP contribution in [0.3, 0.4) is 0 Å². The Balaban J connectivity index is 2.10. The Morgan fingerprint density at radius 1 is 1.10 bits per heavy atom. The van der Waals surface area contributed by atoms with Crippen molar-refractivity contribution in [2.75, 3.05) is 7.11 Å². The fourth-order valence-electron chi connectivity index (χ4n) is 1.91. The molecule has 5 heteroatoms. The summed E-state index contributed by atoms with van der Waals surface area (Å²) in [6, 6.07) is 7.03. The van der Waals surface area contributed by atoms with Crippen LogP contribution in [-0.4, -0.2) is 19.0 Å². The molecule has 0 radical (unpaired) electrons. The second kappa shape index (κ2) is 6.26. The first-order chi connectivity index (χ1) is 10.0. The lowest BCUT2D eigenvalue weighted by Gasteiger charge is -2.07. The summed E-state index contributed by atoms with van der Waals surface area (Å²) in [6.07, 6.45) is 1.35. The van der Waals surface area contributed by atoms with E-state index in [1.165, 1.54) is 19.4 Å². The van der Waals surface area contributed by atoms with Crippen molar-refractivity contribution < 1.29 is 23.5 Å². The summed E-state index contributed by atoms with van der Waals surface area (Å²) < 4.78 is 15.0. The molecular weight excluding hydrogens is 272 g/mol. The molecule has 0 saturated carbocycles. The van der Waals surface area contributed by atoms with Gasteiger partial charge in [0.1, 0.15) is 5.56 Å². The Labute approximate surface area is 122 Å². The van der Waals surface area contributed by atoms with E-state index < -0.39 is 11.9 Å². The van der Waals surface area contributed by atoms with Crippen LogP contribution in [0.1, 0.15) is 37.6 Å². The van der Waals surface area contributed by atoms with Crippen LogP contribution >= 0.6 is 0 Å². The largest absolute Gasteiger partial charge is 0.465 e. The predicted molar refractivity (Wildman–Crippen MR) is 75.1 cm³/mol. The fourth-order valence-corrected chi connectivity index (χ4v) is 1.91. The lowest BCUT2D eigenvalue weighted by molar-refractivity contribution is 0.0431. The smallest absolute Gasteiger partial charge is 0.341 e. The Morgan fingerprint density at radius 3 is 2.57 bits per heavy atom. The number of ether oxygens (including phenoxy) is 2. The van der Waals surface area contributed by atoms with Gasteiger partial charge in [-0.25, -0.2) is 9.59 Å². The van der Waals surface area contributed by atoms with Crippen molar-refractivity contribution in [3.05, 3.63) is 58.5 Å². The van der Waals surface area contributed by atoms with Crippen molar-refractivity contribution in [3.8, 4) is 0 Å². The highest BCUT2D eigenvalue weighted by Gasteiger charge is 2.18. The summed E-state index contributed by atoms with van der Waals surface area (Å²) in [5, 5.41) is 0. The monoisotopic (exact) mass is 288 g/mol. The molecule has 0 aliphatic carbocycles. The number of esters is 2. The molecule has 0 fully saturated rings. The quantitative estimate of drug-likeness (QED) is 0.809. The number of carbonyl (C=O) groups excluding carboxylic acids is 2. The number of carbonyl (C=O) groups is 2. The van der Waals surface area contributed by atoms with Gasteiger partial charge in [-0.3, -0.25) is 0 Å². The van der Waals surface area contributed by atoms with Gasteiger partial charge < -0.3 is 13.9 Å². The SMILES string of the molecule is COC(=O)c1ccoc1COC(=O)c1cc(C)ccc1C. The average molecular weight is 288 g/mol. The van der Waals surface area contributed by atoms with E-state index in [-0.39, 0.29) is 17.9 Å². The van der Waals surface area contributed by atoms with E-state index in [9.17, 15) is 9.59 Å².